The average Bonchev–Trinajstić information content (AvgIpc) is 2.77. The number of esters is 1. The van der Waals surface area contributed by atoms with Crippen molar-refractivity contribution in [2.75, 3.05) is 0 Å². The standard InChI is InChI=1S/C33H54O2/c1-10-27(34)35-26-14-15-31(7)24(29(26,4)5)13-16-33(9)25(31)12-11-22-23-21-28(2,3)17-18-30(23,6)19-20-32(22,33)8/h21-22,24-26H,10-20H2,1-9H3. The zero-order valence-corrected chi connectivity index (χ0v) is 24.5. The Morgan fingerprint density at radius 3 is 2.17 bits per heavy atom. The van der Waals surface area contributed by atoms with E-state index >= 15 is 0 Å². The molecule has 0 aromatic rings. The highest BCUT2D eigenvalue weighted by Gasteiger charge is 2.69. The normalized spacial score (nSPS) is 50.0. The molecule has 0 amide bonds. The fourth-order valence-electron chi connectivity index (χ4n) is 11.1. The third-order valence-electron chi connectivity index (χ3n) is 13.5. The van der Waals surface area contributed by atoms with Crippen LogP contribution in [0, 0.1) is 50.2 Å². The summed E-state index contributed by atoms with van der Waals surface area (Å²) in [5.74, 6) is 2.16. The van der Waals surface area contributed by atoms with Gasteiger partial charge < -0.3 is 4.74 Å². The van der Waals surface area contributed by atoms with Crippen LogP contribution in [0.15, 0.2) is 11.6 Å². The van der Waals surface area contributed by atoms with E-state index in [1.54, 1.807) is 0 Å². The molecule has 35 heavy (non-hydrogen) atoms. The molecule has 0 radical (unpaired) electrons. The van der Waals surface area contributed by atoms with Crippen LogP contribution in [-0.2, 0) is 9.53 Å². The average molecular weight is 483 g/mol. The number of rotatable bonds is 2. The third-order valence-corrected chi connectivity index (χ3v) is 13.5. The second kappa shape index (κ2) is 7.86. The van der Waals surface area contributed by atoms with Gasteiger partial charge in [-0.2, -0.15) is 0 Å². The van der Waals surface area contributed by atoms with E-state index in [0.717, 1.165) is 18.3 Å². The van der Waals surface area contributed by atoms with Crippen molar-refractivity contribution in [1.82, 2.24) is 0 Å². The molecule has 8 unspecified atom stereocenters. The van der Waals surface area contributed by atoms with Crippen molar-refractivity contribution in [2.24, 2.45) is 50.2 Å². The maximum absolute atomic E-state index is 12.2. The molecule has 2 heteroatoms. The number of fused-ring (bicyclic) bond motifs is 7. The molecular weight excluding hydrogens is 428 g/mol. The summed E-state index contributed by atoms with van der Waals surface area (Å²) in [6.07, 6.45) is 16.5. The van der Waals surface area contributed by atoms with Crippen LogP contribution in [0.3, 0.4) is 0 Å². The summed E-state index contributed by atoms with van der Waals surface area (Å²) in [5, 5.41) is 0. The summed E-state index contributed by atoms with van der Waals surface area (Å²) >= 11 is 0. The first-order chi connectivity index (χ1) is 16.1. The number of hydrogen-bond acceptors (Lipinski definition) is 2. The van der Waals surface area contributed by atoms with Crippen LogP contribution in [0.1, 0.15) is 133 Å². The van der Waals surface area contributed by atoms with Gasteiger partial charge in [0.15, 0.2) is 0 Å². The smallest absolute Gasteiger partial charge is 0.305 e. The van der Waals surface area contributed by atoms with Gasteiger partial charge in [0, 0.05) is 11.8 Å². The monoisotopic (exact) mass is 482 g/mol. The Labute approximate surface area is 216 Å². The first-order valence-corrected chi connectivity index (χ1v) is 15.1. The number of hydrogen-bond donors (Lipinski definition) is 0. The van der Waals surface area contributed by atoms with Crippen molar-refractivity contribution in [3.63, 3.8) is 0 Å². The summed E-state index contributed by atoms with van der Waals surface area (Å²) in [5.41, 5.74) is 3.84. The molecule has 0 aromatic carbocycles. The van der Waals surface area contributed by atoms with E-state index in [2.05, 4.69) is 61.5 Å². The van der Waals surface area contributed by atoms with Crippen LogP contribution in [-0.4, -0.2) is 12.1 Å². The van der Waals surface area contributed by atoms with Crippen molar-refractivity contribution in [1.29, 1.82) is 0 Å². The molecule has 5 rings (SSSR count). The molecule has 198 valence electrons. The van der Waals surface area contributed by atoms with Crippen LogP contribution >= 0.6 is 0 Å². The Balaban J connectivity index is 1.49. The van der Waals surface area contributed by atoms with Gasteiger partial charge in [-0.15, -0.1) is 0 Å². The molecule has 4 saturated carbocycles. The van der Waals surface area contributed by atoms with Crippen LogP contribution in [0.25, 0.3) is 0 Å². The Hall–Kier alpha value is -0.790. The Morgan fingerprint density at radius 1 is 0.800 bits per heavy atom. The molecule has 0 N–H and O–H groups in total. The van der Waals surface area contributed by atoms with E-state index in [-0.39, 0.29) is 17.5 Å². The number of carbonyl (C=O) groups excluding carboxylic acids is 1. The first kappa shape index (κ1) is 25.8. The van der Waals surface area contributed by atoms with Crippen LogP contribution in [0.4, 0.5) is 0 Å². The molecule has 0 aromatic heterocycles. The van der Waals surface area contributed by atoms with Gasteiger partial charge >= 0.3 is 5.97 Å². The summed E-state index contributed by atoms with van der Waals surface area (Å²) in [6, 6.07) is 0. The van der Waals surface area contributed by atoms with Gasteiger partial charge in [0.25, 0.3) is 0 Å². The molecule has 8 atom stereocenters. The van der Waals surface area contributed by atoms with Crippen molar-refractivity contribution < 1.29 is 9.53 Å². The minimum Gasteiger partial charge on any atom is -0.462 e. The molecule has 0 aliphatic heterocycles. The summed E-state index contributed by atoms with van der Waals surface area (Å²) in [6.45, 7) is 22.4. The van der Waals surface area contributed by atoms with Gasteiger partial charge in [0.05, 0.1) is 0 Å². The maximum atomic E-state index is 12.2. The lowest BCUT2D eigenvalue weighted by atomic mass is 9.32. The summed E-state index contributed by atoms with van der Waals surface area (Å²) in [7, 11) is 0. The second-order valence-corrected chi connectivity index (χ2v) is 16.0. The highest BCUT2D eigenvalue weighted by Crippen LogP contribution is 2.76. The van der Waals surface area contributed by atoms with E-state index in [9.17, 15) is 4.79 Å². The largest absolute Gasteiger partial charge is 0.462 e. The van der Waals surface area contributed by atoms with E-state index < -0.39 is 0 Å². The topological polar surface area (TPSA) is 26.3 Å². The Kier molecular flexibility index (Phi) is 5.80. The second-order valence-electron chi connectivity index (χ2n) is 16.0. The molecule has 2 nitrogen and oxygen atoms in total. The van der Waals surface area contributed by atoms with Crippen LogP contribution in [0.5, 0.6) is 0 Å². The predicted molar refractivity (Wildman–Crippen MR) is 145 cm³/mol. The molecule has 0 saturated heterocycles. The highest BCUT2D eigenvalue weighted by atomic mass is 16.5. The van der Waals surface area contributed by atoms with Gasteiger partial charge in [0.1, 0.15) is 6.10 Å². The van der Waals surface area contributed by atoms with Gasteiger partial charge in [-0.3, -0.25) is 4.79 Å². The molecule has 0 bridgehead atoms. The van der Waals surface area contributed by atoms with Gasteiger partial charge in [-0.1, -0.05) is 74.0 Å². The maximum Gasteiger partial charge on any atom is 0.305 e. The summed E-state index contributed by atoms with van der Waals surface area (Å²) in [4.78, 5) is 12.2. The highest BCUT2D eigenvalue weighted by molar-refractivity contribution is 5.69. The lowest BCUT2D eigenvalue weighted by molar-refractivity contribution is -0.233. The molecule has 5 aliphatic rings. The SMILES string of the molecule is CCC(=O)OC1CCC2(C)C(CCC3(C)C2CCC2C4=CC(C)(C)CCC4(C)CCC23C)C1(C)C. The van der Waals surface area contributed by atoms with E-state index in [1.807, 2.05) is 12.5 Å². The van der Waals surface area contributed by atoms with Gasteiger partial charge in [-0.25, -0.2) is 0 Å². The Morgan fingerprint density at radius 2 is 1.49 bits per heavy atom. The Bertz CT molecular complexity index is 912. The van der Waals surface area contributed by atoms with Crippen molar-refractivity contribution in [3.05, 3.63) is 11.6 Å². The zero-order valence-electron chi connectivity index (χ0n) is 24.5. The molecular formula is C33H54O2. The minimum absolute atomic E-state index is 0.0192. The van der Waals surface area contributed by atoms with E-state index in [1.165, 1.54) is 57.8 Å². The van der Waals surface area contributed by atoms with Gasteiger partial charge in [-0.05, 0) is 109 Å². The number of ether oxygens (including phenoxy) is 1. The third kappa shape index (κ3) is 3.49. The molecule has 0 heterocycles. The van der Waals surface area contributed by atoms with Gasteiger partial charge in [0.2, 0.25) is 0 Å². The quantitative estimate of drug-likeness (QED) is 0.290. The number of carbonyl (C=O) groups is 1. The lowest BCUT2D eigenvalue weighted by Crippen LogP contribution is -2.66. The predicted octanol–water partition coefficient (Wildman–Crippen LogP) is 9.13. The first-order valence-electron chi connectivity index (χ1n) is 15.1. The van der Waals surface area contributed by atoms with E-state index in [0.29, 0.717) is 39.4 Å². The molecule has 5 aliphatic carbocycles. The van der Waals surface area contributed by atoms with Crippen molar-refractivity contribution in [3.8, 4) is 0 Å². The fourth-order valence-corrected chi connectivity index (χ4v) is 11.1. The van der Waals surface area contributed by atoms with Crippen LogP contribution in [0.2, 0.25) is 0 Å². The van der Waals surface area contributed by atoms with Crippen LogP contribution < -0.4 is 0 Å². The molecule has 4 fully saturated rings. The van der Waals surface area contributed by atoms with Crippen molar-refractivity contribution >= 4 is 5.97 Å². The van der Waals surface area contributed by atoms with E-state index in [4.69, 9.17) is 4.74 Å². The fraction of sp³-hybridized carbons (Fsp3) is 0.909. The minimum atomic E-state index is -0.0192. The lowest BCUT2D eigenvalue weighted by Gasteiger charge is -2.72. The zero-order chi connectivity index (χ0) is 25.7. The molecule has 0 spiro atoms. The number of allylic oxidation sites excluding steroid dienone is 2. The summed E-state index contributed by atoms with van der Waals surface area (Å²) < 4.78 is 6.06. The van der Waals surface area contributed by atoms with Crippen molar-refractivity contribution in [2.45, 2.75) is 139 Å².